The molecule has 1 heterocycles. The Balaban J connectivity index is 2.21. The standard InChI is InChI=1S/C13H14ClN3O2S/c1-2-11-15-16-13(20-8-12(18)19)17(11)7-9-3-5-10(14)6-4-9/h3-6H,2,7-8H2,1H3,(H,18,19). The lowest BCUT2D eigenvalue weighted by Crippen LogP contribution is -2.07. The van der Waals surface area contributed by atoms with E-state index in [0.717, 1.165) is 17.8 Å². The Kier molecular flexibility index (Phi) is 5.03. The number of carboxylic acid groups (broad SMARTS) is 1. The minimum atomic E-state index is -0.867. The Morgan fingerprint density at radius 3 is 2.65 bits per heavy atom. The maximum atomic E-state index is 10.7. The zero-order valence-electron chi connectivity index (χ0n) is 10.9. The van der Waals surface area contributed by atoms with Crippen LogP contribution in [0.4, 0.5) is 0 Å². The molecule has 0 radical (unpaired) electrons. The summed E-state index contributed by atoms with van der Waals surface area (Å²) in [5.41, 5.74) is 1.07. The number of halogens is 1. The van der Waals surface area contributed by atoms with Crippen molar-refractivity contribution in [1.29, 1.82) is 0 Å². The number of thioether (sulfide) groups is 1. The van der Waals surface area contributed by atoms with Crippen LogP contribution in [-0.2, 0) is 17.8 Å². The van der Waals surface area contributed by atoms with Crippen molar-refractivity contribution >= 4 is 29.3 Å². The van der Waals surface area contributed by atoms with Crippen molar-refractivity contribution < 1.29 is 9.90 Å². The number of carboxylic acids is 1. The van der Waals surface area contributed by atoms with Crippen molar-refractivity contribution in [3.05, 3.63) is 40.7 Å². The summed E-state index contributed by atoms with van der Waals surface area (Å²) in [6.07, 6.45) is 0.744. The van der Waals surface area contributed by atoms with Gasteiger partial charge in [-0.15, -0.1) is 10.2 Å². The van der Waals surface area contributed by atoms with E-state index in [0.29, 0.717) is 16.7 Å². The number of aromatic nitrogens is 3. The molecule has 0 aliphatic rings. The molecule has 7 heteroatoms. The molecule has 0 aliphatic heterocycles. The molecular weight excluding hydrogens is 298 g/mol. The molecule has 1 aromatic carbocycles. The van der Waals surface area contributed by atoms with Crippen molar-refractivity contribution in [2.45, 2.75) is 25.0 Å². The Morgan fingerprint density at radius 2 is 2.05 bits per heavy atom. The predicted molar refractivity (Wildman–Crippen MR) is 78.3 cm³/mol. The highest BCUT2D eigenvalue weighted by Gasteiger charge is 2.13. The number of aliphatic carboxylic acids is 1. The first-order valence-corrected chi connectivity index (χ1v) is 7.47. The van der Waals surface area contributed by atoms with E-state index in [4.69, 9.17) is 16.7 Å². The van der Waals surface area contributed by atoms with Crippen LogP contribution in [0.3, 0.4) is 0 Å². The molecule has 0 saturated carbocycles. The van der Waals surface area contributed by atoms with Crippen LogP contribution < -0.4 is 0 Å². The predicted octanol–water partition coefficient (Wildman–Crippen LogP) is 2.72. The molecule has 0 bridgehead atoms. The Morgan fingerprint density at radius 1 is 1.35 bits per heavy atom. The first-order chi connectivity index (χ1) is 9.60. The van der Waals surface area contributed by atoms with E-state index in [9.17, 15) is 4.79 Å². The average molecular weight is 312 g/mol. The van der Waals surface area contributed by atoms with Gasteiger partial charge in [-0.25, -0.2) is 0 Å². The molecule has 1 aromatic heterocycles. The van der Waals surface area contributed by atoms with E-state index in [2.05, 4.69) is 10.2 Å². The second-order valence-corrected chi connectivity index (χ2v) is 5.53. The van der Waals surface area contributed by atoms with Crippen molar-refractivity contribution in [2.75, 3.05) is 5.75 Å². The van der Waals surface area contributed by atoms with Gasteiger partial charge in [0.25, 0.3) is 0 Å². The molecule has 0 saturated heterocycles. The summed E-state index contributed by atoms with van der Waals surface area (Å²) in [5, 5.41) is 18.2. The molecule has 0 amide bonds. The highest BCUT2D eigenvalue weighted by atomic mass is 35.5. The number of hydrogen-bond donors (Lipinski definition) is 1. The molecule has 0 atom stereocenters. The largest absolute Gasteiger partial charge is 0.481 e. The van der Waals surface area contributed by atoms with Gasteiger partial charge in [-0.3, -0.25) is 4.79 Å². The highest BCUT2D eigenvalue weighted by molar-refractivity contribution is 7.99. The fourth-order valence-electron chi connectivity index (χ4n) is 1.74. The molecule has 20 heavy (non-hydrogen) atoms. The Labute approximate surface area is 126 Å². The third-order valence-electron chi connectivity index (χ3n) is 2.69. The van der Waals surface area contributed by atoms with Crippen molar-refractivity contribution in [3.8, 4) is 0 Å². The lowest BCUT2D eigenvalue weighted by molar-refractivity contribution is -0.133. The van der Waals surface area contributed by atoms with Gasteiger partial charge in [0.1, 0.15) is 5.82 Å². The zero-order valence-corrected chi connectivity index (χ0v) is 12.5. The normalized spacial score (nSPS) is 10.7. The van der Waals surface area contributed by atoms with Crippen LogP contribution in [0, 0.1) is 0 Å². The highest BCUT2D eigenvalue weighted by Crippen LogP contribution is 2.19. The molecule has 0 aliphatic carbocycles. The zero-order chi connectivity index (χ0) is 14.5. The fourth-order valence-corrected chi connectivity index (χ4v) is 2.55. The van der Waals surface area contributed by atoms with Gasteiger partial charge in [0.15, 0.2) is 5.16 Å². The van der Waals surface area contributed by atoms with Crippen LogP contribution in [0.2, 0.25) is 5.02 Å². The molecule has 2 rings (SSSR count). The van der Waals surface area contributed by atoms with Crippen LogP contribution >= 0.6 is 23.4 Å². The molecule has 106 valence electrons. The van der Waals surface area contributed by atoms with Gasteiger partial charge in [0.05, 0.1) is 12.3 Å². The summed E-state index contributed by atoms with van der Waals surface area (Å²) < 4.78 is 1.94. The van der Waals surface area contributed by atoms with Gasteiger partial charge >= 0.3 is 5.97 Å². The summed E-state index contributed by atoms with van der Waals surface area (Å²) >= 11 is 7.04. The van der Waals surface area contributed by atoms with E-state index >= 15 is 0 Å². The number of nitrogens with zero attached hydrogens (tertiary/aromatic N) is 3. The van der Waals surface area contributed by atoms with Gasteiger partial charge in [0.2, 0.25) is 0 Å². The number of rotatable bonds is 6. The third kappa shape index (κ3) is 3.74. The second kappa shape index (κ2) is 6.76. The maximum Gasteiger partial charge on any atom is 0.313 e. The number of hydrogen-bond acceptors (Lipinski definition) is 4. The summed E-state index contributed by atoms with van der Waals surface area (Å²) in [6.45, 7) is 2.60. The van der Waals surface area contributed by atoms with Crippen LogP contribution in [0.5, 0.6) is 0 Å². The molecule has 2 aromatic rings. The molecule has 1 N–H and O–H groups in total. The summed E-state index contributed by atoms with van der Waals surface area (Å²) in [7, 11) is 0. The Bertz CT molecular complexity index is 598. The smallest absolute Gasteiger partial charge is 0.313 e. The van der Waals surface area contributed by atoms with E-state index in [1.54, 1.807) is 0 Å². The molecule has 0 unspecified atom stereocenters. The van der Waals surface area contributed by atoms with Gasteiger partial charge < -0.3 is 9.67 Å². The lowest BCUT2D eigenvalue weighted by atomic mass is 10.2. The summed E-state index contributed by atoms with van der Waals surface area (Å²) in [6, 6.07) is 7.54. The maximum absolute atomic E-state index is 10.7. The van der Waals surface area contributed by atoms with E-state index in [1.165, 1.54) is 11.8 Å². The van der Waals surface area contributed by atoms with Crippen LogP contribution in [0.25, 0.3) is 0 Å². The van der Waals surface area contributed by atoms with Crippen LogP contribution in [0.15, 0.2) is 29.4 Å². The van der Waals surface area contributed by atoms with Gasteiger partial charge in [-0.05, 0) is 17.7 Å². The van der Waals surface area contributed by atoms with Gasteiger partial charge in [-0.2, -0.15) is 0 Å². The van der Waals surface area contributed by atoms with Crippen LogP contribution in [-0.4, -0.2) is 31.6 Å². The van der Waals surface area contributed by atoms with Gasteiger partial charge in [-0.1, -0.05) is 42.4 Å². The molecular formula is C13H14ClN3O2S. The second-order valence-electron chi connectivity index (χ2n) is 4.15. The first-order valence-electron chi connectivity index (χ1n) is 6.11. The minimum absolute atomic E-state index is 0.0253. The van der Waals surface area contributed by atoms with E-state index < -0.39 is 5.97 Å². The number of benzene rings is 1. The topological polar surface area (TPSA) is 68.0 Å². The van der Waals surface area contributed by atoms with Gasteiger partial charge in [0, 0.05) is 11.4 Å². The lowest BCUT2D eigenvalue weighted by Gasteiger charge is -2.09. The average Bonchev–Trinajstić information content (AvgIpc) is 2.81. The third-order valence-corrected chi connectivity index (χ3v) is 3.89. The Hall–Kier alpha value is -1.53. The molecule has 0 spiro atoms. The summed E-state index contributed by atoms with van der Waals surface area (Å²) in [4.78, 5) is 10.7. The quantitative estimate of drug-likeness (QED) is 0.831. The van der Waals surface area contributed by atoms with E-state index in [-0.39, 0.29) is 5.75 Å². The van der Waals surface area contributed by atoms with Crippen molar-refractivity contribution in [3.63, 3.8) is 0 Å². The minimum Gasteiger partial charge on any atom is -0.481 e. The number of carbonyl (C=O) groups is 1. The monoisotopic (exact) mass is 311 g/mol. The molecule has 0 fully saturated rings. The fraction of sp³-hybridized carbons (Fsp3) is 0.308. The summed E-state index contributed by atoms with van der Waals surface area (Å²) in [5.74, 6) is -0.0513. The number of aryl methyl sites for hydroxylation is 1. The molecule has 5 nitrogen and oxygen atoms in total. The van der Waals surface area contributed by atoms with E-state index in [1.807, 2.05) is 35.8 Å². The first kappa shape index (κ1) is 14.9. The van der Waals surface area contributed by atoms with Crippen molar-refractivity contribution in [1.82, 2.24) is 14.8 Å². The van der Waals surface area contributed by atoms with Crippen molar-refractivity contribution in [2.24, 2.45) is 0 Å². The van der Waals surface area contributed by atoms with Crippen LogP contribution in [0.1, 0.15) is 18.3 Å². The SMILES string of the molecule is CCc1nnc(SCC(=O)O)n1Cc1ccc(Cl)cc1.